The van der Waals surface area contributed by atoms with Gasteiger partial charge in [-0.05, 0) is 36.8 Å². The number of aryl methyl sites for hydroxylation is 1. The molecular formula is C15H10BrFN2O2. The number of benzene rings is 2. The number of aromatic nitrogens is 2. The number of H-pyrrole nitrogens is 1. The average molecular weight is 349 g/mol. The van der Waals surface area contributed by atoms with Gasteiger partial charge in [-0.1, -0.05) is 15.9 Å². The van der Waals surface area contributed by atoms with Crippen LogP contribution in [0.3, 0.4) is 0 Å². The van der Waals surface area contributed by atoms with Crippen LogP contribution < -0.4 is 0 Å². The molecule has 0 atom stereocenters. The highest BCUT2D eigenvalue weighted by Crippen LogP contribution is 2.27. The molecule has 3 aromatic rings. The number of halogens is 2. The number of hydrogen-bond donors (Lipinski definition) is 2. The summed E-state index contributed by atoms with van der Waals surface area (Å²) >= 11 is 3.39. The fourth-order valence-electron chi connectivity index (χ4n) is 2.21. The molecule has 6 heteroatoms. The first-order valence-corrected chi connectivity index (χ1v) is 6.94. The normalized spacial score (nSPS) is 11.0. The van der Waals surface area contributed by atoms with Gasteiger partial charge in [-0.2, -0.15) is 0 Å². The molecule has 0 saturated heterocycles. The van der Waals surface area contributed by atoms with E-state index in [1.54, 1.807) is 0 Å². The van der Waals surface area contributed by atoms with Crippen molar-refractivity contribution >= 4 is 32.9 Å². The molecular weight excluding hydrogens is 339 g/mol. The zero-order valence-corrected chi connectivity index (χ0v) is 12.5. The van der Waals surface area contributed by atoms with Crippen LogP contribution in [0, 0.1) is 12.7 Å². The van der Waals surface area contributed by atoms with Crippen LogP contribution in [0.4, 0.5) is 4.39 Å². The number of hydrogen-bond acceptors (Lipinski definition) is 2. The lowest BCUT2D eigenvalue weighted by Gasteiger charge is -2.02. The van der Waals surface area contributed by atoms with E-state index in [1.807, 2.05) is 25.1 Å². The lowest BCUT2D eigenvalue weighted by atomic mass is 10.1. The van der Waals surface area contributed by atoms with Crippen molar-refractivity contribution in [2.24, 2.45) is 0 Å². The van der Waals surface area contributed by atoms with E-state index in [0.29, 0.717) is 16.9 Å². The molecule has 2 N–H and O–H groups in total. The van der Waals surface area contributed by atoms with E-state index in [4.69, 9.17) is 5.11 Å². The number of carboxylic acid groups (broad SMARTS) is 1. The van der Waals surface area contributed by atoms with Gasteiger partial charge in [0.1, 0.15) is 11.6 Å². The van der Waals surface area contributed by atoms with E-state index in [2.05, 4.69) is 25.9 Å². The number of carbonyl (C=O) groups is 1. The number of imidazole rings is 1. The first kappa shape index (κ1) is 13.8. The summed E-state index contributed by atoms with van der Waals surface area (Å²) in [7, 11) is 0. The summed E-state index contributed by atoms with van der Waals surface area (Å²) in [6.45, 7) is 1.94. The van der Waals surface area contributed by atoms with Crippen LogP contribution in [0.5, 0.6) is 0 Å². The first-order chi connectivity index (χ1) is 9.95. The third-order valence-corrected chi connectivity index (χ3v) is 3.74. The highest BCUT2D eigenvalue weighted by atomic mass is 79.9. The minimum atomic E-state index is -1.31. The molecule has 0 radical (unpaired) electrons. The Balaban J connectivity index is 2.19. The number of aromatic carboxylic acids is 1. The second kappa shape index (κ2) is 4.96. The van der Waals surface area contributed by atoms with Gasteiger partial charge >= 0.3 is 5.97 Å². The Morgan fingerprint density at radius 1 is 1.33 bits per heavy atom. The van der Waals surface area contributed by atoms with Gasteiger partial charge in [0.2, 0.25) is 0 Å². The van der Waals surface area contributed by atoms with Crippen LogP contribution in [0.15, 0.2) is 34.8 Å². The molecule has 4 nitrogen and oxygen atoms in total. The van der Waals surface area contributed by atoms with E-state index >= 15 is 0 Å². The zero-order valence-electron chi connectivity index (χ0n) is 10.9. The van der Waals surface area contributed by atoms with Gasteiger partial charge in [-0.3, -0.25) is 0 Å². The molecule has 21 heavy (non-hydrogen) atoms. The summed E-state index contributed by atoms with van der Waals surface area (Å²) in [4.78, 5) is 18.3. The lowest BCUT2D eigenvalue weighted by Crippen LogP contribution is -1.99. The number of fused-ring (bicyclic) bond motifs is 1. The summed E-state index contributed by atoms with van der Waals surface area (Å²) in [5.41, 5.74) is 2.39. The fourth-order valence-corrected chi connectivity index (χ4v) is 2.69. The van der Waals surface area contributed by atoms with Crippen molar-refractivity contribution in [1.82, 2.24) is 9.97 Å². The van der Waals surface area contributed by atoms with Crippen LogP contribution in [0.25, 0.3) is 22.4 Å². The Kier molecular flexibility index (Phi) is 3.25. The second-order valence-electron chi connectivity index (χ2n) is 4.70. The maximum atomic E-state index is 13.7. The van der Waals surface area contributed by atoms with Gasteiger partial charge in [-0.25, -0.2) is 14.2 Å². The molecule has 3 rings (SSSR count). The standard InChI is InChI=1S/C15H10BrFN2O2/c1-7-4-8(16)2-3-9(7)14-18-12-5-10(15(20)21)11(17)6-13(12)19-14/h2-6H,1H3,(H,18,19)(H,20,21). The molecule has 0 spiro atoms. The van der Waals surface area contributed by atoms with Crippen molar-refractivity contribution in [1.29, 1.82) is 0 Å². The van der Waals surface area contributed by atoms with Crippen molar-refractivity contribution in [3.8, 4) is 11.4 Å². The average Bonchev–Trinajstić information content (AvgIpc) is 2.79. The molecule has 0 bridgehead atoms. The highest BCUT2D eigenvalue weighted by molar-refractivity contribution is 9.10. The molecule has 1 heterocycles. The summed E-state index contributed by atoms with van der Waals surface area (Å²) in [5, 5.41) is 8.94. The Morgan fingerprint density at radius 3 is 2.76 bits per heavy atom. The molecule has 0 saturated carbocycles. The Morgan fingerprint density at radius 2 is 2.10 bits per heavy atom. The monoisotopic (exact) mass is 348 g/mol. The minimum absolute atomic E-state index is 0.381. The van der Waals surface area contributed by atoms with Gasteiger partial charge in [0.05, 0.1) is 16.6 Å². The van der Waals surface area contributed by atoms with Gasteiger partial charge in [-0.15, -0.1) is 0 Å². The van der Waals surface area contributed by atoms with Gasteiger partial charge in [0, 0.05) is 16.1 Å². The lowest BCUT2D eigenvalue weighted by molar-refractivity contribution is 0.0692. The molecule has 0 aliphatic carbocycles. The third-order valence-electron chi connectivity index (χ3n) is 3.24. The predicted octanol–water partition coefficient (Wildman–Crippen LogP) is 4.14. The van der Waals surface area contributed by atoms with Crippen LogP contribution in [-0.4, -0.2) is 21.0 Å². The van der Waals surface area contributed by atoms with Crippen LogP contribution in [0.2, 0.25) is 0 Å². The second-order valence-corrected chi connectivity index (χ2v) is 5.61. The van der Waals surface area contributed by atoms with E-state index in [-0.39, 0.29) is 5.56 Å². The van der Waals surface area contributed by atoms with Gasteiger partial charge in [0.15, 0.2) is 0 Å². The van der Waals surface area contributed by atoms with E-state index < -0.39 is 11.8 Å². The Bertz CT molecular complexity index is 873. The molecule has 2 aromatic carbocycles. The van der Waals surface area contributed by atoms with E-state index in [0.717, 1.165) is 21.7 Å². The zero-order chi connectivity index (χ0) is 15.1. The van der Waals surface area contributed by atoms with Crippen molar-refractivity contribution in [3.63, 3.8) is 0 Å². The quantitative estimate of drug-likeness (QED) is 0.731. The molecule has 0 aliphatic heterocycles. The van der Waals surface area contributed by atoms with Crippen LogP contribution in [-0.2, 0) is 0 Å². The maximum absolute atomic E-state index is 13.7. The van der Waals surface area contributed by atoms with Crippen LogP contribution >= 0.6 is 15.9 Å². The molecule has 0 fully saturated rings. The van der Waals surface area contributed by atoms with Gasteiger partial charge < -0.3 is 10.1 Å². The van der Waals surface area contributed by atoms with Crippen molar-refractivity contribution in [2.45, 2.75) is 6.92 Å². The number of rotatable bonds is 2. The SMILES string of the molecule is Cc1cc(Br)ccc1-c1nc2cc(C(=O)O)c(F)cc2[nH]1. The molecule has 1 aromatic heterocycles. The largest absolute Gasteiger partial charge is 0.478 e. The van der Waals surface area contributed by atoms with Crippen molar-refractivity contribution < 1.29 is 14.3 Å². The molecule has 0 unspecified atom stereocenters. The van der Waals surface area contributed by atoms with Gasteiger partial charge in [0.25, 0.3) is 0 Å². The minimum Gasteiger partial charge on any atom is -0.478 e. The topological polar surface area (TPSA) is 66.0 Å². The van der Waals surface area contributed by atoms with E-state index in [1.165, 1.54) is 6.07 Å². The first-order valence-electron chi connectivity index (χ1n) is 6.15. The summed E-state index contributed by atoms with van der Waals surface area (Å²) in [6, 6.07) is 8.13. The summed E-state index contributed by atoms with van der Waals surface area (Å²) in [6.07, 6.45) is 0. The van der Waals surface area contributed by atoms with E-state index in [9.17, 15) is 9.18 Å². The van der Waals surface area contributed by atoms with Crippen molar-refractivity contribution in [3.05, 3.63) is 51.7 Å². The highest BCUT2D eigenvalue weighted by Gasteiger charge is 2.15. The molecule has 0 aliphatic rings. The number of nitrogens with zero attached hydrogens (tertiary/aromatic N) is 1. The van der Waals surface area contributed by atoms with Crippen molar-refractivity contribution in [2.75, 3.05) is 0 Å². The van der Waals surface area contributed by atoms with Crippen LogP contribution in [0.1, 0.15) is 15.9 Å². The molecule has 0 amide bonds. The third kappa shape index (κ3) is 2.42. The fraction of sp³-hybridized carbons (Fsp3) is 0.0667. The smallest absolute Gasteiger partial charge is 0.338 e. The molecule has 106 valence electrons. The number of nitrogens with one attached hydrogen (secondary N) is 1. The maximum Gasteiger partial charge on any atom is 0.338 e. The summed E-state index contributed by atoms with van der Waals surface area (Å²) < 4.78 is 14.6. The number of carboxylic acids is 1. The predicted molar refractivity (Wildman–Crippen MR) is 80.9 cm³/mol. The Hall–Kier alpha value is -2.21. The number of aromatic amines is 1. The Labute approximate surface area is 127 Å². The summed E-state index contributed by atoms with van der Waals surface area (Å²) in [5.74, 6) is -1.51.